The number of nitrogens with one attached hydrogen (secondary N) is 1. The molecule has 0 saturated heterocycles. The van der Waals surface area contributed by atoms with Crippen molar-refractivity contribution in [1.29, 1.82) is 0 Å². The lowest BCUT2D eigenvalue weighted by atomic mass is 10.0. The second kappa shape index (κ2) is 7.90. The smallest absolute Gasteiger partial charge is 0.226 e. The molecule has 2 heterocycles. The van der Waals surface area contributed by atoms with E-state index in [-0.39, 0.29) is 23.8 Å². The summed E-state index contributed by atoms with van der Waals surface area (Å²) in [4.78, 5) is 29.5. The van der Waals surface area contributed by atoms with Crippen molar-refractivity contribution in [2.45, 2.75) is 19.8 Å². The molecular weight excluding hydrogens is 347 g/mol. The molecule has 0 spiro atoms. The van der Waals surface area contributed by atoms with E-state index in [4.69, 9.17) is 0 Å². The van der Waals surface area contributed by atoms with Gasteiger partial charge < -0.3 is 4.90 Å². The number of amides is 1. The van der Waals surface area contributed by atoms with E-state index in [0.29, 0.717) is 28.9 Å². The highest BCUT2D eigenvalue weighted by Crippen LogP contribution is 2.26. The maximum Gasteiger partial charge on any atom is 0.226 e. The van der Waals surface area contributed by atoms with Crippen LogP contribution in [0.2, 0.25) is 0 Å². The Bertz CT molecular complexity index is 953. The minimum absolute atomic E-state index is 0.132. The number of nitrogens with zero attached hydrogens (tertiary/aromatic N) is 3. The first-order valence-electron chi connectivity index (χ1n) is 8.53. The maximum absolute atomic E-state index is 14.4. The lowest BCUT2D eigenvalue weighted by Crippen LogP contribution is -2.25. The zero-order valence-electron chi connectivity index (χ0n) is 15.1. The minimum Gasteiger partial charge on any atom is -0.313 e. The monoisotopic (exact) mass is 366 g/mol. The third-order valence-electron chi connectivity index (χ3n) is 4.28. The minimum atomic E-state index is -0.490. The van der Waals surface area contributed by atoms with Gasteiger partial charge in [0.1, 0.15) is 11.5 Å². The zero-order chi connectivity index (χ0) is 19.4. The van der Waals surface area contributed by atoms with E-state index in [9.17, 15) is 14.0 Å². The molecule has 7 heteroatoms. The number of aromatic nitrogens is 3. The molecule has 0 bridgehead atoms. The molecule has 0 saturated carbocycles. The van der Waals surface area contributed by atoms with Gasteiger partial charge in [0.25, 0.3) is 0 Å². The van der Waals surface area contributed by atoms with Crippen molar-refractivity contribution in [2.24, 2.45) is 0 Å². The summed E-state index contributed by atoms with van der Waals surface area (Å²) in [5, 5.41) is 6.55. The predicted molar refractivity (Wildman–Crippen MR) is 100.0 cm³/mol. The summed E-state index contributed by atoms with van der Waals surface area (Å²) in [6, 6.07) is 9.72. The number of hydrogen-bond donors (Lipinski definition) is 1. The van der Waals surface area contributed by atoms with Crippen molar-refractivity contribution in [3.05, 3.63) is 66.0 Å². The van der Waals surface area contributed by atoms with Gasteiger partial charge in [-0.3, -0.25) is 19.7 Å². The molecule has 0 radical (unpaired) electrons. The standard InChI is InChI=1S/C20H19FN4O2/c1-3-20(27)25(2)18-7-5-13(10-16(18)21)14-4-6-17(22-12-14)19(26)11-15-8-9-23-24-15/h4-10,12H,3,11H2,1-2H3,(H,23,24). The lowest BCUT2D eigenvalue weighted by Gasteiger charge is -2.17. The van der Waals surface area contributed by atoms with E-state index in [1.807, 2.05) is 0 Å². The van der Waals surface area contributed by atoms with E-state index in [1.165, 1.54) is 17.2 Å². The number of halogens is 1. The molecule has 0 aliphatic carbocycles. The van der Waals surface area contributed by atoms with Crippen LogP contribution in [0, 0.1) is 5.82 Å². The Morgan fingerprint density at radius 3 is 2.52 bits per heavy atom. The fraction of sp³-hybridized carbons (Fsp3) is 0.200. The zero-order valence-corrected chi connectivity index (χ0v) is 15.1. The molecule has 1 aromatic carbocycles. The number of rotatable bonds is 6. The molecule has 0 unspecified atom stereocenters. The van der Waals surface area contributed by atoms with E-state index in [1.54, 1.807) is 50.5 Å². The maximum atomic E-state index is 14.4. The summed E-state index contributed by atoms with van der Waals surface area (Å²) in [6.07, 6.45) is 3.61. The van der Waals surface area contributed by atoms with E-state index < -0.39 is 5.82 Å². The molecule has 0 fully saturated rings. The molecular formula is C20H19FN4O2. The van der Waals surface area contributed by atoms with Crippen molar-refractivity contribution < 1.29 is 14.0 Å². The van der Waals surface area contributed by atoms with Gasteiger partial charge in [-0.15, -0.1) is 0 Å². The largest absolute Gasteiger partial charge is 0.313 e. The number of anilines is 1. The number of carbonyl (C=O) groups excluding carboxylic acids is 2. The normalized spacial score (nSPS) is 10.6. The van der Waals surface area contributed by atoms with Gasteiger partial charge >= 0.3 is 0 Å². The van der Waals surface area contributed by atoms with Crippen LogP contribution < -0.4 is 4.90 Å². The van der Waals surface area contributed by atoms with E-state index in [0.717, 1.165) is 0 Å². The molecule has 3 rings (SSSR count). The van der Waals surface area contributed by atoms with Gasteiger partial charge in [0.2, 0.25) is 5.91 Å². The first kappa shape index (κ1) is 18.4. The number of carbonyl (C=O) groups is 2. The summed E-state index contributed by atoms with van der Waals surface area (Å²) in [7, 11) is 1.55. The Hall–Kier alpha value is -3.35. The Kier molecular flexibility index (Phi) is 5.40. The topological polar surface area (TPSA) is 79.0 Å². The first-order valence-corrected chi connectivity index (χ1v) is 8.53. The van der Waals surface area contributed by atoms with Crippen LogP contribution in [0.1, 0.15) is 29.5 Å². The molecule has 0 aliphatic rings. The number of pyridine rings is 1. The van der Waals surface area contributed by atoms with Crippen LogP contribution in [-0.2, 0) is 11.2 Å². The summed E-state index contributed by atoms with van der Waals surface area (Å²) in [5.41, 5.74) is 2.58. The molecule has 3 aromatic rings. The number of benzene rings is 1. The first-order chi connectivity index (χ1) is 13.0. The SMILES string of the molecule is CCC(=O)N(C)c1ccc(-c2ccc(C(=O)Cc3ccn[nH]3)nc2)cc1F. The Morgan fingerprint density at radius 2 is 1.93 bits per heavy atom. The Morgan fingerprint density at radius 1 is 1.15 bits per heavy atom. The van der Waals surface area contributed by atoms with Crippen molar-refractivity contribution in [1.82, 2.24) is 15.2 Å². The van der Waals surface area contributed by atoms with Gasteiger partial charge in [-0.2, -0.15) is 5.10 Å². The van der Waals surface area contributed by atoms with Gasteiger partial charge in [0.15, 0.2) is 5.78 Å². The van der Waals surface area contributed by atoms with Gasteiger partial charge in [0.05, 0.1) is 12.1 Å². The van der Waals surface area contributed by atoms with Crippen molar-refractivity contribution >= 4 is 17.4 Å². The van der Waals surface area contributed by atoms with Crippen LogP contribution >= 0.6 is 0 Å². The highest BCUT2D eigenvalue weighted by molar-refractivity contribution is 5.96. The number of ketones is 1. The van der Waals surface area contributed by atoms with Crippen LogP contribution in [0.5, 0.6) is 0 Å². The summed E-state index contributed by atoms with van der Waals surface area (Å²) in [5.74, 6) is -0.785. The van der Waals surface area contributed by atoms with Gasteiger partial charge in [-0.25, -0.2) is 4.39 Å². The van der Waals surface area contributed by atoms with Crippen LogP contribution in [0.15, 0.2) is 48.8 Å². The molecule has 138 valence electrons. The van der Waals surface area contributed by atoms with Crippen LogP contribution in [-0.4, -0.2) is 33.9 Å². The molecule has 2 aromatic heterocycles. The fourth-order valence-electron chi connectivity index (χ4n) is 2.71. The predicted octanol–water partition coefficient (Wildman–Crippen LogP) is 3.41. The number of Topliss-reactive ketones (excluding diaryl/α,β-unsaturated/α-hetero) is 1. The second-order valence-corrected chi connectivity index (χ2v) is 6.09. The second-order valence-electron chi connectivity index (χ2n) is 6.09. The number of H-pyrrole nitrogens is 1. The number of hydrogen-bond acceptors (Lipinski definition) is 4. The van der Waals surface area contributed by atoms with Crippen LogP contribution in [0.25, 0.3) is 11.1 Å². The molecule has 0 aliphatic heterocycles. The summed E-state index contributed by atoms with van der Waals surface area (Å²) in [6.45, 7) is 1.73. The van der Waals surface area contributed by atoms with Crippen molar-refractivity contribution in [3.8, 4) is 11.1 Å². The van der Waals surface area contributed by atoms with Crippen LogP contribution in [0.4, 0.5) is 10.1 Å². The number of aromatic amines is 1. The van der Waals surface area contributed by atoms with Gasteiger partial charge in [0, 0.05) is 37.1 Å². The Balaban J connectivity index is 1.78. The average molecular weight is 366 g/mol. The van der Waals surface area contributed by atoms with Crippen molar-refractivity contribution in [3.63, 3.8) is 0 Å². The van der Waals surface area contributed by atoms with Gasteiger partial charge in [-0.1, -0.05) is 19.1 Å². The fourth-order valence-corrected chi connectivity index (χ4v) is 2.71. The van der Waals surface area contributed by atoms with Crippen LogP contribution in [0.3, 0.4) is 0 Å². The van der Waals surface area contributed by atoms with Gasteiger partial charge in [-0.05, 0) is 29.8 Å². The average Bonchev–Trinajstić information content (AvgIpc) is 3.19. The summed E-state index contributed by atoms with van der Waals surface area (Å²) < 4.78 is 14.4. The third kappa shape index (κ3) is 4.08. The molecule has 6 nitrogen and oxygen atoms in total. The Labute approximate surface area is 156 Å². The molecule has 1 amide bonds. The summed E-state index contributed by atoms with van der Waals surface area (Å²) >= 11 is 0. The van der Waals surface area contributed by atoms with Crippen molar-refractivity contribution in [2.75, 3.05) is 11.9 Å². The lowest BCUT2D eigenvalue weighted by molar-refractivity contribution is -0.118. The molecule has 27 heavy (non-hydrogen) atoms. The highest BCUT2D eigenvalue weighted by Gasteiger charge is 2.15. The molecule has 0 atom stereocenters. The molecule has 1 N–H and O–H groups in total. The van der Waals surface area contributed by atoms with E-state index >= 15 is 0 Å². The highest BCUT2D eigenvalue weighted by atomic mass is 19.1. The third-order valence-corrected chi connectivity index (χ3v) is 4.28. The quantitative estimate of drug-likeness (QED) is 0.678. The van der Waals surface area contributed by atoms with E-state index in [2.05, 4.69) is 15.2 Å².